The highest BCUT2D eigenvalue weighted by atomic mass is 16.5. The SMILES string of the molecule is [2H]C([2H])([2H])[N+](C)(C)C[C@@H](CC(=O)O)OC(=O)C[C@H](O)CCCCCCCCCCCCCCC. The molecule has 0 aromatic rings. The van der Waals surface area contributed by atoms with Gasteiger partial charge in [-0.05, 0) is 6.42 Å². The molecule has 2 atom stereocenters. The zero-order valence-electron chi connectivity index (χ0n) is 23.2. The summed E-state index contributed by atoms with van der Waals surface area (Å²) < 4.78 is 27.5. The molecule has 0 aliphatic heterocycles. The van der Waals surface area contributed by atoms with Crippen molar-refractivity contribution in [3.8, 4) is 0 Å². The number of hydrogen-bond donors (Lipinski definition) is 2. The first kappa shape index (κ1) is 24.5. The summed E-state index contributed by atoms with van der Waals surface area (Å²) in [5.41, 5.74) is 0. The van der Waals surface area contributed by atoms with Crippen LogP contribution in [0.4, 0.5) is 0 Å². The van der Waals surface area contributed by atoms with Gasteiger partial charge in [0.1, 0.15) is 6.54 Å². The lowest BCUT2D eigenvalue weighted by atomic mass is 10.0. The van der Waals surface area contributed by atoms with Gasteiger partial charge in [0.05, 0.1) is 44.1 Å². The van der Waals surface area contributed by atoms with E-state index < -0.39 is 42.0 Å². The molecule has 0 saturated heterocycles. The Bertz CT molecular complexity index is 555. The molecular formula is C25H50NO5+. The molecule has 0 aromatic carbocycles. The van der Waals surface area contributed by atoms with Crippen molar-refractivity contribution >= 4 is 11.9 Å². The Morgan fingerprint density at radius 1 is 0.871 bits per heavy atom. The Morgan fingerprint density at radius 3 is 1.81 bits per heavy atom. The normalized spacial score (nSPS) is 15.5. The zero-order valence-corrected chi connectivity index (χ0v) is 20.2. The van der Waals surface area contributed by atoms with Crippen molar-refractivity contribution < 1.29 is 33.1 Å². The fourth-order valence-electron chi connectivity index (χ4n) is 3.77. The van der Waals surface area contributed by atoms with Crippen LogP contribution in [0.1, 0.15) is 114 Å². The van der Waals surface area contributed by atoms with Crippen LogP contribution in [0.25, 0.3) is 0 Å². The summed E-state index contributed by atoms with van der Waals surface area (Å²) in [6, 6.07) is 0. The van der Waals surface area contributed by atoms with Crippen molar-refractivity contribution in [2.24, 2.45) is 0 Å². The molecule has 0 amide bonds. The van der Waals surface area contributed by atoms with Gasteiger partial charge in [-0.25, -0.2) is 0 Å². The van der Waals surface area contributed by atoms with Crippen LogP contribution in [0.5, 0.6) is 0 Å². The number of likely N-dealkylation sites (N-methyl/N-ethyl adjacent to an activating group) is 1. The highest BCUT2D eigenvalue weighted by Crippen LogP contribution is 2.15. The summed E-state index contributed by atoms with van der Waals surface area (Å²) in [4.78, 5) is 23.3. The smallest absolute Gasteiger partial charge is 0.308 e. The fourth-order valence-corrected chi connectivity index (χ4v) is 3.77. The zero-order chi connectivity index (χ0) is 26.0. The number of aliphatic carboxylic acids is 1. The van der Waals surface area contributed by atoms with E-state index in [1.165, 1.54) is 78.3 Å². The number of ether oxygens (including phenoxy) is 1. The van der Waals surface area contributed by atoms with Crippen LogP contribution in [-0.4, -0.2) is 66.5 Å². The Morgan fingerprint density at radius 2 is 1.35 bits per heavy atom. The topological polar surface area (TPSA) is 83.8 Å². The fraction of sp³-hybridized carbons (Fsp3) is 0.920. The largest absolute Gasteiger partial charge is 0.481 e. The number of quaternary nitrogens is 1. The first-order valence-electron chi connectivity index (χ1n) is 13.8. The van der Waals surface area contributed by atoms with E-state index in [9.17, 15) is 14.7 Å². The minimum absolute atomic E-state index is 0.149. The molecule has 2 N–H and O–H groups in total. The number of carbonyl (C=O) groups excluding carboxylic acids is 1. The van der Waals surface area contributed by atoms with E-state index in [2.05, 4.69) is 6.92 Å². The molecule has 0 fully saturated rings. The van der Waals surface area contributed by atoms with Gasteiger partial charge in [-0.3, -0.25) is 9.59 Å². The quantitative estimate of drug-likeness (QED) is 0.141. The molecular weight excluding hydrogens is 394 g/mol. The minimum atomic E-state index is -2.36. The molecule has 184 valence electrons. The molecule has 6 heteroatoms. The first-order chi connectivity index (χ1) is 15.9. The van der Waals surface area contributed by atoms with Crippen molar-refractivity contribution in [3.05, 3.63) is 0 Å². The van der Waals surface area contributed by atoms with E-state index in [1.807, 2.05) is 0 Å². The molecule has 31 heavy (non-hydrogen) atoms. The summed E-state index contributed by atoms with van der Waals surface area (Å²) in [7, 11) is 2.89. The molecule has 0 unspecified atom stereocenters. The molecule has 6 nitrogen and oxygen atoms in total. The van der Waals surface area contributed by atoms with Gasteiger partial charge in [0.15, 0.2) is 6.10 Å². The molecule has 0 bridgehead atoms. The van der Waals surface area contributed by atoms with Crippen molar-refractivity contribution in [1.29, 1.82) is 0 Å². The average molecular weight is 448 g/mol. The second-order valence-electron chi connectivity index (χ2n) is 9.47. The number of aliphatic hydroxyl groups excluding tert-OH is 1. The maximum absolute atomic E-state index is 12.2. The lowest BCUT2D eigenvalue weighted by molar-refractivity contribution is -0.873. The van der Waals surface area contributed by atoms with Gasteiger partial charge in [-0.1, -0.05) is 90.4 Å². The van der Waals surface area contributed by atoms with Crippen molar-refractivity contribution in [1.82, 2.24) is 0 Å². The van der Waals surface area contributed by atoms with Crippen LogP contribution in [0.15, 0.2) is 0 Å². The third kappa shape index (κ3) is 21.9. The Balaban J connectivity index is 4.00. The maximum Gasteiger partial charge on any atom is 0.308 e. The number of carbonyl (C=O) groups is 2. The third-order valence-electron chi connectivity index (χ3n) is 5.40. The number of carboxylic acid groups (broad SMARTS) is 1. The molecule has 0 aromatic heterocycles. The van der Waals surface area contributed by atoms with Gasteiger partial charge < -0.3 is 19.4 Å². The Kier molecular flexibility index (Phi) is 14.6. The summed E-state index contributed by atoms with van der Waals surface area (Å²) in [5.74, 6) is -1.87. The molecule has 0 aliphatic rings. The average Bonchev–Trinajstić information content (AvgIpc) is 2.69. The maximum atomic E-state index is 12.2. The number of aliphatic hydroxyl groups is 1. The summed E-state index contributed by atoms with van der Waals surface area (Å²) >= 11 is 0. The van der Waals surface area contributed by atoms with Gasteiger partial charge in [-0.2, -0.15) is 0 Å². The third-order valence-corrected chi connectivity index (χ3v) is 5.40. The number of carboxylic acids is 1. The molecule has 0 spiro atoms. The number of rotatable bonds is 21. The second kappa shape index (κ2) is 18.4. The predicted octanol–water partition coefficient (Wildman–Crippen LogP) is 5.31. The van der Waals surface area contributed by atoms with Crippen LogP contribution in [0.2, 0.25) is 0 Å². The Labute approximate surface area is 195 Å². The molecule has 0 rings (SSSR count). The van der Waals surface area contributed by atoms with Gasteiger partial charge in [-0.15, -0.1) is 0 Å². The number of nitrogens with zero attached hydrogens (tertiary/aromatic N) is 1. The van der Waals surface area contributed by atoms with Crippen LogP contribution in [0.3, 0.4) is 0 Å². The van der Waals surface area contributed by atoms with Crippen molar-refractivity contribution in [2.45, 2.75) is 122 Å². The summed E-state index contributed by atoms with van der Waals surface area (Å²) in [5, 5.41) is 19.2. The molecule has 0 aliphatic carbocycles. The second-order valence-corrected chi connectivity index (χ2v) is 9.47. The van der Waals surface area contributed by atoms with E-state index in [4.69, 9.17) is 14.0 Å². The van der Waals surface area contributed by atoms with Gasteiger partial charge >= 0.3 is 11.9 Å². The molecule has 0 saturated carbocycles. The monoisotopic (exact) mass is 447 g/mol. The number of esters is 1. The summed E-state index contributed by atoms with van der Waals surface area (Å²) in [6.45, 7) is -0.275. The number of unbranched alkanes of at least 4 members (excludes halogenated alkanes) is 12. The van der Waals surface area contributed by atoms with Gasteiger partial charge in [0, 0.05) is 0 Å². The lowest BCUT2D eigenvalue weighted by Gasteiger charge is -2.28. The van der Waals surface area contributed by atoms with Gasteiger partial charge in [0.25, 0.3) is 0 Å². The van der Waals surface area contributed by atoms with Crippen LogP contribution in [-0.2, 0) is 14.3 Å². The number of hydrogen-bond acceptors (Lipinski definition) is 4. The van der Waals surface area contributed by atoms with Crippen molar-refractivity contribution in [2.75, 3.05) is 27.6 Å². The van der Waals surface area contributed by atoms with Crippen LogP contribution >= 0.6 is 0 Å². The lowest BCUT2D eigenvalue weighted by Crippen LogP contribution is -2.44. The highest BCUT2D eigenvalue weighted by Gasteiger charge is 2.25. The van der Waals surface area contributed by atoms with Gasteiger partial charge in [0.2, 0.25) is 0 Å². The van der Waals surface area contributed by atoms with E-state index in [-0.39, 0.29) is 13.0 Å². The predicted molar refractivity (Wildman–Crippen MR) is 126 cm³/mol. The van der Waals surface area contributed by atoms with E-state index >= 15 is 0 Å². The van der Waals surface area contributed by atoms with E-state index in [1.54, 1.807) is 0 Å². The minimum Gasteiger partial charge on any atom is -0.481 e. The molecule has 0 radical (unpaired) electrons. The Hall–Kier alpha value is -1.14. The standard InChI is InChI=1S/C25H49NO5/c1-5-6-7-8-9-10-11-12-13-14-15-16-17-18-22(27)19-25(30)31-23(20-24(28)29)21-26(2,3)4/h22-23,27H,5-21H2,1-4H3/p+1/t22-,23-/m1/s1/i2D3. The van der Waals surface area contributed by atoms with Crippen molar-refractivity contribution in [3.63, 3.8) is 0 Å². The van der Waals surface area contributed by atoms with E-state index in [0.717, 1.165) is 19.3 Å². The highest BCUT2D eigenvalue weighted by molar-refractivity contribution is 5.71. The van der Waals surface area contributed by atoms with Crippen LogP contribution < -0.4 is 0 Å². The summed E-state index contributed by atoms with van der Waals surface area (Å²) in [6.07, 6.45) is 14.0. The van der Waals surface area contributed by atoms with E-state index in [0.29, 0.717) is 6.42 Å². The molecule has 0 heterocycles. The van der Waals surface area contributed by atoms with Crippen LogP contribution in [0, 0.1) is 0 Å². The first-order valence-corrected chi connectivity index (χ1v) is 12.3.